The number of carbonyl (C=O) groups excluding carboxylic acids is 2. The van der Waals surface area contributed by atoms with Crippen LogP contribution in [0.5, 0.6) is 5.75 Å². The maximum Gasteiger partial charge on any atom is 0.286 e. The van der Waals surface area contributed by atoms with Crippen molar-refractivity contribution in [3.63, 3.8) is 0 Å². The summed E-state index contributed by atoms with van der Waals surface area (Å²) in [4.78, 5) is 28.2. The van der Waals surface area contributed by atoms with Crippen molar-refractivity contribution in [3.05, 3.63) is 35.7 Å². The third-order valence-electron chi connectivity index (χ3n) is 7.81. The van der Waals surface area contributed by atoms with Crippen molar-refractivity contribution in [2.45, 2.75) is 94.5 Å². The minimum Gasteiger partial charge on any atom is -0.497 e. The maximum absolute atomic E-state index is 11.9. The molecule has 36 heavy (non-hydrogen) atoms. The first-order chi connectivity index (χ1) is 17.6. The molecule has 1 N–H and O–H groups in total. The number of amides is 2. The summed E-state index contributed by atoms with van der Waals surface area (Å²) >= 11 is 1.13. The highest BCUT2D eigenvalue weighted by Gasteiger charge is 2.33. The molecule has 2 amide bonds. The Labute approximate surface area is 217 Å². The molecule has 1 saturated heterocycles. The monoisotopic (exact) mass is 512 g/mol. The number of carbonyl (C=O) groups is 2. The van der Waals surface area contributed by atoms with Gasteiger partial charge in [0.2, 0.25) is 11.8 Å². The first-order valence-electron chi connectivity index (χ1n) is 13.4. The largest absolute Gasteiger partial charge is 0.497 e. The minimum absolute atomic E-state index is 0.137. The number of nitrogens with zero attached hydrogens (tertiary/aromatic N) is 1. The Morgan fingerprint density at radius 2 is 1.94 bits per heavy atom. The van der Waals surface area contributed by atoms with Gasteiger partial charge in [-0.05, 0) is 62.6 Å². The van der Waals surface area contributed by atoms with Gasteiger partial charge in [0, 0.05) is 11.5 Å². The average Bonchev–Trinajstić information content (AvgIpc) is 3.49. The van der Waals surface area contributed by atoms with Crippen molar-refractivity contribution in [1.82, 2.24) is 10.3 Å². The molecule has 1 aromatic heterocycles. The van der Waals surface area contributed by atoms with E-state index in [4.69, 9.17) is 18.9 Å². The second kappa shape index (κ2) is 11.8. The minimum atomic E-state index is -0.234. The van der Waals surface area contributed by atoms with Gasteiger partial charge in [-0.1, -0.05) is 49.9 Å². The molecule has 7 nitrogen and oxygen atoms in total. The Hall–Kier alpha value is -2.32. The Morgan fingerprint density at radius 3 is 2.72 bits per heavy atom. The van der Waals surface area contributed by atoms with Gasteiger partial charge < -0.3 is 13.9 Å². The number of nitrogens with one attached hydrogen (secondary N) is 1. The van der Waals surface area contributed by atoms with E-state index in [-0.39, 0.29) is 22.5 Å². The van der Waals surface area contributed by atoms with Gasteiger partial charge in [0.05, 0.1) is 25.1 Å². The first kappa shape index (κ1) is 25.3. The number of aromatic nitrogens is 1. The first-order valence-corrected chi connectivity index (χ1v) is 14.2. The summed E-state index contributed by atoms with van der Waals surface area (Å²) in [7, 11) is 1.67. The predicted octanol–water partition coefficient (Wildman–Crippen LogP) is 6.61. The van der Waals surface area contributed by atoms with Crippen LogP contribution in [0.3, 0.4) is 0 Å². The van der Waals surface area contributed by atoms with Gasteiger partial charge in [-0.2, -0.15) is 0 Å². The summed E-state index contributed by atoms with van der Waals surface area (Å²) in [5, 5.41) is 1.94. The van der Waals surface area contributed by atoms with E-state index in [1.165, 1.54) is 19.3 Å². The van der Waals surface area contributed by atoms with Gasteiger partial charge in [0.25, 0.3) is 5.24 Å². The summed E-state index contributed by atoms with van der Waals surface area (Å²) in [6.07, 6.45) is 12.2. The molecule has 8 heteroatoms. The highest BCUT2D eigenvalue weighted by Crippen LogP contribution is 2.38. The molecule has 0 radical (unpaired) electrons. The highest BCUT2D eigenvalue weighted by atomic mass is 32.2. The Balaban J connectivity index is 1.23. The number of hydrogen-bond acceptors (Lipinski definition) is 7. The zero-order chi connectivity index (χ0) is 24.9. The SMILES string of the molecule is COc1cccc(-c2nc(CO[C@@H]3CCC[C@H](CCC4SC(=O)NC4=O)C3)c(C3CCCCC3)o2)c1. The van der Waals surface area contributed by atoms with E-state index in [2.05, 4.69) is 5.32 Å². The van der Waals surface area contributed by atoms with Crippen LogP contribution in [0, 0.1) is 5.92 Å². The molecule has 3 atom stereocenters. The molecule has 1 aromatic carbocycles. The summed E-state index contributed by atoms with van der Waals surface area (Å²) < 4.78 is 18.2. The second-order valence-corrected chi connectivity index (χ2v) is 11.5. The van der Waals surface area contributed by atoms with Gasteiger partial charge in [0.15, 0.2) is 0 Å². The van der Waals surface area contributed by atoms with Crippen molar-refractivity contribution >= 4 is 22.9 Å². The molecule has 1 aliphatic heterocycles. The number of imide groups is 1. The van der Waals surface area contributed by atoms with Crippen molar-refractivity contribution in [3.8, 4) is 17.2 Å². The van der Waals surface area contributed by atoms with Crippen LogP contribution in [0.4, 0.5) is 4.79 Å². The lowest BCUT2D eigenvalue weighted by Gasteiger charge is -2.29. The van der Waals surface area contributed by atoms with E-state index in [0.29, 0.717) is 24.3 Å². The molecule has 0 spiro atoms. The van der Waals surface area contributed by atoms with Gasteiger partial charge in [0.1, 0.15) is 17.2 Å². The fourth-order valence-corrected chi connectivity index (χ4v) is 6.69. The Morgan fingerprint density at radius 1 is 1.08 bits per heavy atom. The van der Waals surface area contributed by atoms with Crippen LogP contribution >= 0.6 is 11.8 Å². The molecule has 3 fully saturated rings. The van der Waals surface area contributed by atoms with Crippen LogP contribution in [-0.2, 0) is 16.1 Å². The van der Waals surface area contributed by atoms with Crippen LogP contribution in [0.15, 0.2) is 28.7 Å². The smallest absolute Gasteiger partial charge is 0.286 e. The molecule has 2 heterocycles. The summed E-state index contributed by atoms with van der Waals surface area (Å²) in [5.74, 6) is 3.21. The lowest BCUT2D eigenvalue weighted by molar-refractivity contribution is -0.119. The average molecular weight is 513 g/mol. The fraction of sp³-hybridized carbons (Fsp3) is 0.607. The van der Waals surface area contributed by atoms with Crippen LogP contribution in [-0.4, -0.2) is 34.6 Å². The zero-order valence-corrected chi connectivity index (χ0v) is 21.8. The fourth-order valence-electron chi connectivity index (χ4n) is 5.85. The summed E-state index contributed by atoms with van der Waals surface area (Å²) in [6, 6.07) is 7.85. The van der Waals surface area contributed by atoms with Crippen LogP contribution in [0.1, 0.15) is 88.0 Å². The predicted molar refractivity (Wildman–Crippen MR) is 139 cm³/mol. The number of ether oxygens (including phenoxy) is 2. The molecular weight excluding hydrogens is 476 g/mol. The number of benzene rings is 1. The third kappa shape index (κ3) is 6.14. The number of rotatable bonds is 9. The molecule has 2 saturated carbocycles. The standard InChI is InChI=1S/C28H36N2O5S/c1-33-21-11-6-10-20(16-21)27-29-23(25(35-27)19-8-3-2-4-9-19)17-34-22-12-5-7-18(15-22)13-14-24-26(31)30-28(32)36-24/h6,10-11,16,18-19,22,24H,2-5,7-9,12-15,17H2,1H3,(H,30,31,32)/t18-,22-,24?/m1/s1. The van der Waals surface area contributed by atoms with E-state index in [1.54, 1.807) is 7.11 Å². The van der Waals surface area contributed by atoms with E-state index in [0.717, 1.165) is 85.9 Å². The van der Waals surface area contributed by atoms with Gasteiger partial charge in [-0.25, -0.2) is 4.98 Å². The number of hydrogen-bond donors (Lipinski definition) is 1. The van der Waals surface area contributed by atoms with Crippen LogP contribution in [0.25, 0.3) is 11.5 Å². The van der Waals surface area contributed by atoms with E-state index in [1.807, 2.05) is 24.3 Å². The van der Waals surface area contributed by atoms with Gasteiger partial charge in [-0.3, -0.25) is 14.9 Å². The molecule has 1 unspecified atom stereocenters. The molecule has 0 bridgehead atoms. The zero-order valence-electron chi connectivity index (χ0n) is 21.0. The van der Waals surface area contributed by atoms with E-state index in [9.17, 15) is 9.59 Å². The van der Waals surface area contributed by atoms with E-state index >= 15 is 0 Å². The maximum atomic E-state index is 11.9. The van der Waals surface area contributed by atoms with Gasteiger partial charge in [-0.15, -0.1) is 0 Å². The Bertz CT molecular complexity index is 1060. The highest BCUT2D eigenvalue weighted by molar-refractivity contribution is 8.15. The van der Waals surface area contributed by atoms with Crippen LogP contribution in [0.2, 0.25) is 0 Å². The molecule has 194 valence electrons. The molecule has 3 aliphatic rings. The van der Waals surface area contributed by atoms with Crippen molar-refractivity contribution in [1.29, 1.82) is 0 Å². The molecule has 5 rings (SSSR count). The second-order valence-electron chi connectivity index (χ2n) is 10.3. The van der Waals surface area contributed by atoms with Crippen LogP contribution < -0.4 is 10.1 Å². The lowest BCUT2D eigenvalue weighted by atomic mass is 9.84. The van der Waals surface area contributed by atoms with E-state index < -0.39 is 0 Å². The Kier molecular flexibility index (Phi) is 8.32. The molecule has 2 aromatic rings. The third-order valence-corrected chi connectivity index (χ3v) is 8.87. The number of oxazole rings is 1. The van der Waals surface area contributed by atoms with Gasteiger partial charge >= 0.3 is 0 Å². The normalized spacial score (nSPS) is 25.2. The molecule has 2 aliphatic carbocycles. The quantitative estimate of drug-likeness (QED) is 0.404. The lowest BCUT2D eigenvalue weighted by Crippen LogP contribution is -2.26. The topological polar surface area (TPSA) is 90.7 Å². The van der Waals surface area contributed by atoms with Crippen molar-refractivity contribution in [2.75, 3.05) is 7.11 Å². The van der Waals surface area contributed by atoms with Crippen molar-refractivity contribution < 1.29 is 23.5 Å². The number of methoxy groups -OCH3 is 1. The summed E-state index contributed by atoms with van der Waals surface area (Å²) in [6.45, 7) is 0.464. The summed E-state index contributed by atoms with van der Waals surface area (Å²) in [5.41, 5.74) is 1.85. The van der Waals surface area contributed by atoms with Crippen molar-refractivity contribution in [2.24, 2.45) is 5.92 Å². The number of thioether (sulfide) groups is 1. The molecular formula is C28H36N2O5S.